The summed E-state index contributed by atoms with van der Waals surface area (Å²) in [6, 6.07) is 11.8. The Morgan fingerprint density at radius 1 is 1.21 bits per heavy atom. The maximum atomic E-state index is 12.7. The molecule has 2 aromatic carbocycles. The number of para-hydroxylation sites is 1. The highest BCUT2D eigenvalue weighted by molar-refractivity contribution is 9.10. The standard InChI is InChI=1S/C19H15BrN2O6/c1-27-15-8-11(14(20)9-16(15)28-10-17(23)24)7-13-18(25)21-22(19(13)26)12-5-3-2-4-6-12/h2-9H,10H2,1H3,(H,21,25)(H,23,24)/b13-7-. The fourth-order valence-electron chi connectivity index (χ4n) is 2.55. The quantitative estimate of drug-likeness (QED) is 0.521. The van der Waals surface area contributed by atoms with Crippen molar-refractivity contribution in [2.24, 2.45) is 0 Å². The molecule has 0 saturated carbocycles. The fraction of sp³-hybridized carbons (Fsp3) is 0.105. The number of anilines is 1. The molecule has 8 nitrogen and oxygen atoms in total. The second kappa shape index (κ2) is 8.13. The lowest BCUT2D eigenvalue weighted by atomic mass is 10.1. The van der Waals surface area contributed by atoms with Gasteiger partial charge in [0.2, 0.25) is 0 Å². The Bertz CT molecular complexity index is 974. The molecule has 0 aliphatic carbocycles. The van der Waals surface area contributed by atoms with Crippen molar-refractivity contribution >= 4 is 45.5 Å². The van der Waals surface area contributed by atoms with Crippen LogP contribution < -0.4 is 19.9 Å². The summed E-state index contributed by atoms with van der Waals surface area (Å²) in [6.45, 7) is -0.532. The van der Waals surface area contributed by atoms with Gasteiger partial charge in [0.25, 0.3) is 11.8 Å². The van der Waals surface area contributed by atoms with E-state index >= 15 is 0 Å². The van der Waals surface area contributed by atoms with Crippen molar-refractivity contribution in [3.63, 3.8) is 0 Å². The smallest absolute Gasteiger partial charge is 0.341 e. The number of halogens is 1. The molecule has 0 atom stereocenters. The Hall–Kier alpha value is -3.33. The summed E-state index contributed by atoms with van der Waals surface area (Å²) in [6.07, 6.45) is 1.42. The molecule has 1 saturated heterocycles. The second-order valence-corrected chi connectivity index (χ2v) is 6.54. The number of benzene rings is 2. The van der Waals surface area contributed by atoms with Crippen molar-refractivity contribution in [3.8, 4) is 11.5 Å². The van der Waals surface area contributed by atoms with Gasteiger partial charge in [-0.2, -0.15) is 0 Å². The maximum Gasteiger partial charge on any atom is 0.341 e. The highest BCUT2D eigenvalue weighted by Crippen LogP contribution is 2.35. The summed E-state index contributed by atoms with van der Waals surface area (Å²) in [4.78, 5) is 35.7. The van der Waals surface area contributed by atoms with Gasteiger partial charge in [-0.3, -0.25) is 15.0 Å². The molecule has 0 unspecified atom stereocenters. The third kappa shape index (κ3) is 3.99. The molecule has 0 radical (unpaired) electrons. The van der Waals surface area contributed by atoms with E-state index in [0.29, 0.717) is 15.7 Å². The molecule has 2 aromatic rings. The van der Waals surface area contributed by atoms with Crippen molar-refractivity contribution in [1.82, 2.24) is 5.43 Å². The van der Waals surface area contributed by atoms with Crippen LogP contribution in [-0.2, 0) is 14.4 Å². The fourth-order valence-corrected chi connectivity index (χ4v) is 2.98. The number of hydrazine groups is 1. The van der Waals surface area contributed by atoms with E-state index < -0.39 is 24.4 Å². The first kappa shape index (κ1) is 19.4. The number of methoxy groups -OCH3 is 1. The van der Waals surface area contributed by atoms with Gasteiger partial charge in [0.1, 0.15) is 5.57 Å². The number of ether oxygens (including phenoxy) is 2. The Balaban J connectivity index is 1.93. The van der Waals surface area contributed by atoms with Crippen LogP contribution in [0.4, 0.5) is 5.69 Å². The van der Waals surface area contributed by atoms with Crippen LogP contribution in [0, 0.1) is 0 Å². The van der Waals surface area contributed by atoms with Crippen molar-refractivity contribution < 1.29 is 29.0 Å². The zero-order valence-corrected chi connectivity index (χ0v) is 16.2. The summed E-state index contributed by atoms with van der Waals surface area (Å²) < 4.78 is 10.9. The number of hydrogen-bond acceptors (Lipinski definition) is 5. The highest BCUT2D eigenvalue weighted by atomic mass is 79.9. The number of aliphatic carboxylic acids is 1. The molecular weight excluding hydrogens is 432 g/mol. The molecule has 1 fully saturated rings. The summed E-state index contributed by atoms with van der Waals surface area (Å²) in [5.41, 5.74) is 3.51. The van der Waals surface area contributed by atoms with Crippen LogP contribution in [0.2, 0.25) is 0 Å². The molecule has 0 aromatic heterocycles. The third-order valence-electron chi connectivity index (χ3n) is 3.84. The van der Waals surface area contributed by atoms with Gasteiger partial charge in [-0.15, -0.1) is 0 Å². The van der Waals surface area contributed by atoms with Gasteiger partial charge in [0.15, 0.2) is 18.1 Å². The number of carboxylic acids is 1. The predicted molar refractivity (Wildman–Crippen MR) is 104 cm³/mol. The molecule has 28 heavy (non-hydrogen) atoms. The van der Waals surface area contributed by atoms with Gasteiger partial charge in [0.05, 0.1) is 12.8 Å². The number of rotatable bonds is 6. The van der Waals surface area contributed by atoms with Gasteiger partial charge >= 0.3 is 5.97 Å². The van der Waals surface area contributed by atoms with Crippen LogP contribution in [0.15, 0.2) is 52.5 Å². The second-order valence-electron chi connectivity index (χ2n) is 5.68. The van der Waals surface area contributed by atoms with Crippen LogP contribution in [0.1, 0.15) is 5.56 Å². The van der Waals surface area contributed by atoms with Crippen LogP contribution in [-0.4, -0.2) is 36.6 Å². The summed E-state index contributed by atoms with van der Waals surface area (Å²) in [5.74, 6) is -1.67. The molecule has 3 rings (SSSR count). The lowest BCUT2D eigenvalue weighted by Crippen LogP contribution is -2.35. The van der Waals surface area contributed by atoms with Crippen molar-refractivity contribution in [1.29, 1.82) is 0 Å². The maximum absolute atomic E-state index is 12.7. The zero-order valence-electron chi connectivity index (χ0n) is 14.6. The molecule has 1 aliphatic heterocycles. The summed E-state index contributed by atoms with van der Waals surface area (Å²) in [7, 11) is 1.40. The van der Waals surface area contributed by atoms with E-state index in [2.05, 4.69) is 21.4 Å². The van der Waals surface area contributed by atoms with Gasteiger partial charge in [0, 0.05) is 4.47 Å². The van der Waals surface area contributed by atoms with Crippen LogP contribution >= 0.6 is 15.9 Å². The van der Waals surface area contributed by atoms with Gasteiger partial charge in [-0.05, 0) is 35.9 Å². The monoisotopic (exact) mass is 446 g/mol. The number of amides is 2. The minimum absolute atomic E-state index is 0.0502. The zero-order chi connectivity index (χ0) is 20.3. The van der Waals surface area contributed by atoms with Gasteiger partial charge in [-0.25, -0.2) is 9.80 Å². The predicted octanol–water partition coefficient (Wildman–Crippen LogP) is 2.38. The van der Waals surface area contributed by atoms with Gasteiger partial charge in [-0.1, -0.05) is 34.1 Å². The number of nitrogens with one attached hydrogen (secondary N) is 1. The minimum atomic E-state index is -1.13. The van der Waals surface area contributed by atoms with Gasteiger partial charge < -0.3 is 14.6 Å². The average molecular weight is 447 g/mol. The number of carboxylic acid groups (broad SMARTS) is 1. The van der Waals surface area contributed by atoms with Crippen LogP contribution in [0.3, 0.4) is 0 Å². The Kier molecular flexibility index (Phi) is 5.65. The van der Waals surface area contributed by atoms with Crippen molar-refractivity contribution in [2.45, 2.75) is 0 Å². The third-order valence-corrected chi connectivity index (χ3v) is 4.53. The Morgan fingerprint density at radius 2 is 1.93 bits per heavy atom. The number of hydrogen-bond donors (Lipinski definition) is 2. The first-order valence-corrected chi connectivity index (χ1v) is 8.84. The minimum Gasteiger partial charge on any atom is -0.493 e. The first-order chi connectivity index (χ1) is 13.4. The van der Waals surface area contributed by atoms with Crippen LogP contribution in [0.25, 0.3) is 6.08 Å². The van der Waals surface area contributed by atoms with E-state index in [0.717, 1.165) is 0 Å². The average Bonchev–Trinajstić information content (AvgIpc) is 2.96. The molecule has 144 valence electrons. The normalized spacial score (nSPS) is 14.9. The van der Waals surface area contributed by atoms with E-state index in [1.807, 2.05) is 0 Å². The Labute approximate surface area is 168 Å². The topological polar surface area (TPSA) is 105 Å². The molecular formula is C19H15BrN2O6. The summed E-state index contributed by atoms with van der Waals surface area (Å²) in [5, 5.41) is 9.93. The number of carbonyl (C=O) groups is 3. The van der Waals surface area contributed by atoms with E-state index in [1.54, 1.807) is 36.4 Å². The molecule has 2 amide bonds. The molecule has 0 bridgehead atoms. The number of nitrogens with zero attached hydrogens (tertiary/aromatic N) is 1. The Morgan fingerprint density at radius 3 is 2.57 bits per heavy atom. The van der Waals surface area contributed by atoms with E-state index in [4.69, 9.17) is 14.6 Å². The molecule has 1 heterocycles. The van der Waals surface area contributed by atoms with Crippen molar-refractivity contribution in [3.05, 3.63) is 58.1 Å². The van der Waals surface area contributed by atoms with E-state index in [1.165, 1.54) is 24.3 Å². The first-order valence-electron chi connectivity index (χ1n) is 8.05. The molecule has 1 aliphatic rings. The highest BCUT2D eigenvalue weighted by Gasteiger charge is 2.34. The van der Waals surface area contributed by atoms with Crippen LogP contribution in [0.5, 0.6) is 11.5 Å². The molecule has 2 N–H and O–H groups in total. The van der Waals surface area contributed by atoms with E-state index in [-0.39, 0.29) is 17.1 Å². The SMILES string of the molecule is COc1cc(/C=C2/C(=O)NN(c3ccccc3)C2=O)c(Br)cc1OCC(=O)O. The largest absolute Gasteiger partial charge is 0.493 e. The lowest BCUT2D eigenvalue weighted by Gasteiger charge is -2.14. The molecule has 0 spiro atoms. The number of carbonyl (C=O) groups excluding carboxylic acids is 2. The van der Waals surface area contributed by atoms with Crippen molar-refractivity contribution in [2.75, 3.05) is 18.7 Å². The lowest BCUT2D eigenvalue weighted by molar-refractivity contribution is -0.139. The molecule has 9 heteroatoms. The summed E-state index contributed by atoms with van der Waals surface area (Å²) >= 11 is 3.34. The van der Waals surface area contributed by atoms with E-state index in [9.17, 15) is 14.4 Å².